The molecule has 0 aliphatic carbocycles. The Bertz CT molecular complexity index is 2330. The molecule has 0 radical (unpaired) electrons. The first-order chi connectivity index (χ1) is 20.6. The van der Waals surface area contributed by atoms with E-state index in [1.165, 1.54) is 0 Å². The second kappa shape index (κ2) is 8.18. The number of aromatic nitrogens is 4. The summed E-state index contributed by atoms with van der Waals surface area (Å²) in [6.07, 6.45) is 0. The van der Waals surface area contributed by atoms with Crippen LogP contribution >= 0.6 is 0 Å². The largest absolute Gasteiger partial charge is 0.453 e. The fourth-order valence-electron chi connectivity index (χ4n) is 5.62. The molecule has 42 heavy (non-hydrogen) atoms. The highest BCUT2D eigenvalue weighted by atomic mass is 16.5. The van der Waals surface area contributed by atoms with Crippen molar-refractivity contribution >= 4 is 33.4 Å². The number of aromatic amines is 2. The summed E-state index contributed by atoms with van der Waals surface area (Å²) >= 11 is 0. The summed E-state index contributed by atoms with van der Waals surface area (Å²) in [6, 6.07) is 29.7. The van der Waals surface area contributed by atoms with Crippen molar-refractivity contribution in [2.24, 2.45) is 9.98 Å². The Hall–Kier alpha value is -6.16. The van der Waals surface area contributed by atoms with E-state index < -0.39 is 0 Å². The number of fused-ring (bicyclic) bond motifs is 6. The Morgan fingerprint density at radius 1 is 0.524 bits per heavy atom. The molecule has 2 aromatic heterocycles. The maximum atomic E-state index is 12.8. The summed E-state index contributed by atoms with van der Waals surface area (Å²) in [5, 5.41) is 1.15. The van der Waals surface area contributed by atoms with Crippen LogP contribution < -0.4 is 31.6 Å². The lowest BCUT2D eigenvalue weighted by molar-refractivity contribution is 0.451. The van der Waals surface area contributed by atoms with Crippen molar-refractivity contribution in [1.29, 1.82) is 0 Å². The van der Waals surface area contributed by atoms with Crippen LogP contribution in [0.1, 0.15) is 0 Å². The molecule has 2 aliphatic rings. The van der Waals surface area contributed by atoms with Crippen LogP contribution in [0.3, 0.4) is 0 Å². The van der Waals surface area contributed by atoms with Gasteiger partial charge in [-0.05, 0) is 36.4 Å². The lowest BCUT2D eigenvalue weighted by Crippen LogP contribution is -2.18. The van der Waals surface area contributed by atoms with Crippen LogP contribution in [0.2, 0.25) is 0 Å². The molecule has 0 unspecified atom stereocenters. The summed E-state index contributed by atoms with van der Waals surface area (Å²) in [5.41, 5.74) is 4.85. The zero-order valence-corrected chi connectivity index (χ0v) is 21.7. The van der Waals surface area contributed by atoms with Gasteiger partial charge in [-0.15, -0.1) is 0 Å². The first-order valence-corrected chi connectivity index (χ1v) is 13.2. The maximum Gasteiger partial charge on any atom is 0.331 e. The first-order valence-electron chi connectivity index (χ1n) is 13.2. The first kappa shape index (κ1) is 22.6. The molecule has 200 valence electrons. The quantitative estimate of drug-likeness (QED) is 0.313. The summed E-state index contributed by atoms with van der Waals surface area (Å²) < 4.78 is 15.8. The second-order valence-electron chi connectivity index (χ2n) is 10.1. The summed E-state index contributed by atoms with van der Waals surface area (Å²) in [7, 11) is 0. The van der Waals surface area contributed by atoms with Crippen molar-refractivity contribution in [3.05, 3.63) is 129 Å². The SMILES string of the molecule is O=c1[nH]c2cc3c(cc2n1-c1ccccc1)Oc1cc2c(cc1=N3)Oc1cc3c(cc1N=2)[nH]c(=O)n3-c1ccccc1. The van der Waals surface area contributed by atoms with Gasteiger partial charge in [0.1, 0.15) is 22.1 Å². The number of nitrogens with one attached hydrogen (secondary N) is 2. The van der Waals surface area contributed by atoms with Crippen molar-refractivity contribution < 1.29 is 9.47 Å². The third-order valence-electron chi connectivity index (χ3n) is 7.52. The highest BCUT2D eigenvalue weighted by Crippen LogP contribution is 2.40. The molecule has 4 heterocycles. The van der Waals surface area contributed by atoms with Gasteiger partial charge < -0.3 is 19.4 Å². The average molecular weight is 551 g/mol. The molecule has 0 saturated carbocycles. The Morgan fingerprint density at radius 3 is 1.38 bits per heavy atom. The number of imidazole rings is 2. The minimum atomic E-state index is -0.245. The van der Waals surface area contributed by atoms with Gasteiger partial charge in [-0.1, -0.05) is 36.4 Å². The van der Waals surface area contributed by atoms with Crippen LogP contribution in [0.5, 0.6) is 23.0 Å². The van der Waals surface area contributed by atoms with Gasteiger partial charge in [0.25, 0.3) is 0 Å². The minimum Gasteiger partial charge on any atom is -0.453 e. The molecule has 0 saturated heterocycles. The van der Waals surface area contributed by atoms with Crippen molar-refractivity contribution in [2.45, 2.75) is 0 Å². The van der Waals surface area contributed by atoms with Crippen LogP contribution in [0, 0.1) is 0 Å². The van der Waals surface area contributed by atoms with E-state index in [1.807, 2.05) is 72.8 Å². The summed E-state index contributed by atoms with van der Waals surface area (Å²) in [6.45, 7) is 0. The van der Waals surface area contributed by atoms with Crippen molar-refractivity contribution in [3.63, 3.8) is 0 Å². The number of para-hydroxylation sites is 2. The lowest BCUT2D eigenvalue weighted by Gasteiger charge is -2.18. The lowest BCUT2D eigenvalue weighted by atomic mass is 10.2. The van der Waals surface area contributed by atoms with Crippen molar-refractivity contribution in [3.8, 4) is 34.4 Å². The number of hydrogen-bond acceptors (Lipinski definition) is 6. The Kier molecular flexibility index (Phi) is 4.41. The Balaban J connectivity index is 1.16. The standard InChI is InChI=1S/C32H18N6O4/c39-31-35-19-11-21-29(15-25(19)37(31)17-7-3-1-4-8-17)41-27-13-24-28(14-23(27)33-21)42-30-16-26-20(12-22(30)34-24)36-32(40)38(26)18-9-5-2-6-10-18/h1-16H,(H,35,39)(H,36,40). The van der Waals surface area contributed by atoms with Crippen molar-refractivity contribution in [2.75, 3.05) is 0 Å². The molecular formula is C32H18N6O4. The monoisotopic (exact) mass is 550 g/mol. The molecule has 0 bridgehead atoms. The highest BCUT2D eigenvalue weighted by molar-refractivity contribution is 5.85. The topological polar surface area (TPSA) is 119 Å². The molecule has 0 atom stereocenters. The highest BCUT2D eigenvalue weighted by Gasteiger charge is 2.22. The van der Waals surface area contributed by atoms with E-state index in [2.05, 4.69) is 9.97 Å². The van der Waals surface area contributed by atoms with Gasteiger partial charge in [-0.25, -0.2) is 19.6 Å². The number of ether oxygens (including phenoxy) is 2. The van der Waals surface area contributed by atoms with Crippen LogP contribution in [-0.2, 0) is 0 Å². The number of benzene rings is 5. The van der Waals surface area contributed by atoms with Crippen LogP contribution in [0.15, 0.2) is 117 Å². The molecule has 10 nitrogen and oxygen atoms in total. The Labute approximate surface area is 235 Å². The Morgan fingerprint density at radius 2 is 0.952 bits per heavy atom. The zero-order chi connectivity index (χ0) is 27.9. The van der Waals surface area contributed by atoms with Crippen molar-refractivity contribution in [1.82, 2.24) is 19.1 Å². The minimum absolute atomic E-state index is 0.245. The van der Waals surface area contributed by atoms with Gasteiger partial charge in [0.2, 0.25) is 0 Å². The molecule has 0 spiro atoms. The smallest absolute Gasteiger partial charge is 0.331 e. The van der Waals surface area contributed by atoms with E-state index in [4.69, 9.17) is 19.5 Å². The van der Waals surface area contributed by atoms with Gasteiger partial charge in [-0.2, -0.15) is 0 Å². The molecule has 2 aliphatic heterocycles. The number of hydrogen-bond donors (Lipinski definition) is 2. The van der Waals surface area contributed by atoms with Gasteiger partial charge in [0, 0.05) is 24.3 Å². The second-order valence-corrected chi connectivity index (χ2v) is 10.1. The van der Waals surface area contributed by atoms with Gasteiger partial charge in [0.05, 0.1) is 33.4 Å². The number of nitrogens with zero attached hydrogens (tertiary/aromatic N) is 4. The van der Waals surface area contributed by atoms with E-state index in [0.717, 1.165) is 11.4 Å². The molecule has 5 aromatic carbocycles. The zero-order valence-electron chi connectivity index (χ0n) is 21.7. The third kappa shape index (κ3) is 3.26. The van der Waals surface area contributed by atoms with Crippen LogP contribution in [0.4, 0.5) is 11.4 Å². The fourth-order valence-corrected chi connectivity index (χ4v) is 5.62. The molecular weight excluding hydrogens is 532 g/mol. The average Bonchev–Trinajstić information content (AvgIpc) is 3.50. The predicted octanol–water partition coefficient (Wildman–Crippen LogP) is 5.07. The van der Waals surface area contributed by atoms with Crippen LogP contribution in [-0.4, -0.2) is 19.1 Å². The molecule has 10 heteroatoms. The molecule has 9 rings (SSSR count). The molecule has 2 N–H and O–H groups in total. The van der Waals surface area contributed by atoms with E-state index >= 15 is 0 Å². The van der Waals surface area contributed by atoms with Gasteiger partial charge in [-0.3, -0.25) is 9.13 Å². The fraction of sp³-hybridized carbons (Fsp3) is 0. The van der Waals surface area contributed by atoms with Gasteiger partial charge >= 0.3 is 11.4 Å². The van der Waals surface area contributed by atoms with E-state index in [-0.39, 0.29) is 11.4 Å². The maximum absolute atomic E-state index is 12.8. The van der Waals surface area contributed by atoms with Crippen LogP contribution in [0.25, 0.3) is 33.4 Å². The normalized spacial score (nSPS) is 12.8. The number of H-pyrrole nitrogens is 2. The van der Waals surface area contributed by atoms with Gasteiger partial charge in [0.15, 0.2) is 23.0 Å². The molecule has 7 aromatic rings. The molecule has 0 amide bonds. The number of rotatable bonds is 2. The third-order valence-corrected chi connectivity index (χ3v) is 7.52. The molecule has 0 fully saturated rings. The summed E-state index contributed by atoms with van der Waals surface area (Å²) in [5.74, 6) is 2.09. The van der Waals surface area contributed by atoms with E-state index in [9.17, 15) is 9.59 Å². The van der Waals surface area contributed by atoms with E-state index in [0.29, 0.717) is 67.2 Å². The van der Waals surface area contributed by atoms with E-state index in [1.54, 1.807) is 33.4 Å². The predicted molar refractivity (Wildman–Crippen MR) is 156 cm³/mol. The summed E-state index contributed by atoms with van der Waals surface area (Å²) in [4.78, 5) is 41.1.